The molecule has 0 radical (unpaired) electrons. The largest absolute Gasteiger partial charge is 0.462 e. The molecule has 0 saturated carbocycles. The Hall–Kier alpha value is -1.59. The van der Waals surface area contributed by atoms with Crippen molar-refractivity contribution in [2.24, 2.45) is 11.8 Å². The fourth-order valence-electron chi connectivity index (χ4n) is 7.11. The fraction of sp³-hybridized carbons (Fsp3) is 0.938. The molecule has 0 aromatic carbocycles. The molecule has 0 rings (SSSR count). The standard InChI is InChI=1S/C48H92O6/c1-6-7-8-26-33-38-46(49)52-41-45(54-48(51)40-35-30-25-21-17-13-12-15-19-23-28-32-37-44(4)5)42-53-47(50)39-34-29-24-20-16-11-9-10-14-18-22-27-31-36-43(2)3/h43-45H,6-42H2,1-5H3/t45-/m0/s1. The normalized spacial score (nSPS) is 12.1. The first-order chi connectivity index (χ1) is 26.2. The van der Waals surface area contributed by atoms with E-state index in [0.717, 1.165) is 76.0 Å². The summed E-state index contributed by atoms with van der Waals surface area (Å²) in [7, 11) is 0. The second kappa shape index (κ2) is 41.1. The van der Waals surface area contributed by atoms with Gasteiger partial charge < -0.3 is 14.2 Å². The van der Waals surface area contributed by atoms with Crippen LogP contribution in [0.2, 0.25) is 0 Å². The number of carbonyl (C=O) groups is 3. The van der Waals surface area contributed by atoms with E-state index in [9.17, 15) is 14.4 Å². The minimum atomic E-state index is -0.759. The molecule has 0 spiro atoms. The van der Waals surface area contributed by atoms with E-state index >= 15 is 0 Å². The van der Waals surface area contributed by atoms with Crippen molar-refractivity contribution in [2.45, 2.75) is 265 Å². The highest BCUT2D eigenvalue weighted by atomic mass is 16.6. The molecule has 0 aromatic rings. The smallest absolute Gasteiger partial charge is 0.306 e. The van der Waals surface area contributed by atoms with Gasteiger partial charge in [0.15, 0.2) is 6.10 Å². The molecule has 0 aliphatic carbocycles. The summed E-state index contributed by atoms with van der Waals surface area (Å²) < 4.78 is 16.6. The monoisotopic (exact) mass is 765 g/mol. The molecule has 0 saturated heterocycles. The van der Waals surface area contributed by atoms with Crippen LogP contribution in [0.4, 0.5) is 0 Å². The molecule has 0 N–H and O–H groups in total. The Morgan fingerprint density at radius 2 is 0.611 bits per heavy atom. The molecule has 0 aliphatic heterocycles. The first-order valence-corrected chi connectivity index (χ1v) is 23.7. The Kier molecular flexibility index (Phi) is 39.8. The highest BCUT2D eigenvalue weighted by Crippen LogP contribution is 2.17. The van der Waals surface area contributed by atoms with Crippen LogP contribution in [0.25, 0.3) is 0 Å². The van der Waals surface area contributed by atoms with E-state index in [1.807, 2.05) is 0 Å². The van der Waals surface area contributed by atoms with Crippen LogP contribution in [0.3, 0.4) is 0 Å². The summed E-state index contributed by atoms with van der Waals surface area (Å²) >= 11 is 0. The Balaban J connectivity index is 4.16. The maximum atomic E-state index is 12.7. The minimum absolute atomic E-state index is 0.0652. The third-order valence-electron chi connectivity index (χ3n) is 10.7. The maximum absolute atomic E-state index is 12.7. The van der Waals surface area contributed by atoms with Crippen molar-refractivity contribution in [2.75, 3.05) is 13.2 Å². The highest BCUT2D eigenvalue weighted by Gasteiger charge is 2.19. The Labute approximate surface area is 336 Å². The molecule has 54 heavy (non-hydrogen) atoms. The van der Waals surface area contributed by atoms with E-state index in [-0.39, 0.29) is 31.1 Å². The summed E-state index contributed by atoms with van der Waals surface area (Å²) in [4.78, 5) is 37.5. The maximum Gasteiger partial charge on any atom is 0.306 e. The van der Waals surface area contributed by atoms with Crippen molar-refractivity contribution < 1.29 is 28.6 Å². The predicted molar refractivity (Wildman–Crippen MR) is 229 cm³/mol. The summed E-state index contributed by atoms with van der Waals surface area (Å²) in [6.07, 6.45) is 39.7. The van der Waals surface area contributed by atoms with Gasteiger partial charge in [0.05, 0.1) is 0 Å². The zero-order valence-electron chi connectivity index (χ0n) is 36.8. The van der Waals surface area contributed by atoms with Crippen molar-refractivity contribution in [1.82, 2.24) is 0 Å². The van der Waals surface area contributed by atoms with Crippen LogP contribution >= 0.6 is 0 Å². The second-order valence-electron chi connectivity index (χ2n) is 17.3. The Morgan fingerprint density at radius 1 is 0.352 bits per heavy atom. The number of hydrogen-bond acceptors (Lipinski definition) is 6. The molecule has 0 aliphatic rings. The summed E-state index contributed by atoms with van der Waals surface area (Å²) in [5.41, 5.74) is 0. The quantitative estimate of drug-likeness (QED) is 0.0350. The lowest BCUT2D eigenvalue weighted by atomic mass is 10.0. The van der Waals surface area contributed by atoms with Gasteiger partial charge in [-0.3, -0.25) is 14.4 Å². The van der Waals surface area contributed by atoms with Crippen LogP contribution in [0, 0.1) is 11.8 Å². The first-order valence-electron chi connectivity index (χ1n) is 23.7. The lowest BCUT2D eigenvalue weighted by Crippen LogP contribution is -2.30. The first kappa shape index (κ1) is 52.4. The van der Waals surface area contributed by atoms with Crippen molar-refractivity contribution in [3.63, 3.8) is 0 Å². The molecule has 1 atom stereocenters. The number of rotatable bonds is 42. The summed E-state index contributed by atoms with van der Waals surface area (Å²) in [6.45, 7) is 11.3. The van der Waals surface area contributed by atoms with Crippen LogP contribution in [-0.2, 0) is 28.6 Å². The van der Waals surface area contributed by atoms with E-state index in [1.165, 1.54) is 141 Å². The summed E-state index contributed by atoms with van der Waals surface area (Å²) in [5, 5.41) is 0. The van der Waals surface area contributed by atoms with Gasteiger partial charge in [0.25, 0.3) is 0 Å². The number of carbonyl (C=O) groups excluding carboxylic acids is 3. The van der Waals surface area contributed by atoms with Crippen molar-refractivity contribution >= 4 is 17.9 Å². The van der Waals surface area contributed by atoms with E-state index in [4.69, 9.17) is 14.2 Å². The zero-order chi connectivity index (χ0) is 39.7. The van der Waals surface area contributed by atoms with E-state index < -0.39 is 6.10 Å². The van der Waals surface area contributed by atoms with Gasteiger partial charge in [0.2, 0.25) is 0 Å². The highest BCUT2D eigenvalue weighted by molar-refractivity contribution is 5.71. The van der Waals surface area contributed by atoms with Crippen molar-refractivity contribution in [3.05, 3.63) is 0 Å². The van der Waals surface area contributed by atoms with Crippen LogP contribution < -0.4 is 0 Å². The SMILES string of the molecule is CCCCCCCC(=O)OC[C@@H](COC(=O)CCCCCCCCCCCCCCCC(C)C)OC(=O)CCCCCCCCCCCCCCC(C)C. The molecule has 6 heteroatoms. The predicted octanol–water partition coefficient (Wildman–Crippen LogP) is 15.0. The minimum Gasteiger partial charge on any atom is -0.462 e. The fourth-order valence-corrected chi connectivity index (χ4v) is 7.11. The van der Waals surface area contributed by atoms with Gasteiger partial charge in [-0.2, -0.15) is 0 Å². The van der Waals surface area contributed by atoms with Gasteiger partial charge in [-0.25, -0.2) is 0 Å². The number of hydrogen-bond donors (Lipinski definition) is 0. The Bertz CT molecular complexity index is 824. The van der Waals surface area contributed by atoms with Crippen molar-refractivity contribution in [3.8, 4) is 0 Å². The van der Waals surface area contributed by atoms with Crippen LogP contribution in [0.5, 0.6) is 0 Å². The van der Waals surface area contributed by atoms with Gasteiger partial charge in [0.1, 0.15) is 13.2 Å². The second-order valence-corrected chi connectivity index (χ2v) is 17.3. The molecule has 6 nitrogen and oxygen atoms in total. The molecule has 0 fully saturated rings. The van der Waals surface area contributed by atoms with Gasteiger partial charge in [-0.1, -0.05) is 221 Å². The lowest BCUT2D eigenvalue weighted by molar-refractivity contribution is -0.167. The third-order valence-corrected chi connectivity index (χ3v) is 10.7. The van der Waals surface area contributed by atoms with Gasteiger partial charge in [-0.15, -0.1) is 0 Å². The molecule has 0 heterocycles. The van der Waals surface area contributed by atoms with Crippen LogP contribution in [0.15, 0.2) is 0 Å². The van der Waals surface area contributed by atoms with Crippen LogP contribution in [-0.4, -0.2) is 37.2 Å². The lowest BCUT2D eigenvalue weighted by Gasteiger charge is -2.18. The molecule has 0 amide bonds. The molecule has 320 valence electrons. The number of esters is 3. The molecule has 0 unspecified atom stereocenters. The molecule has 0 aromatic heterocycles. The Morgan fingerprint density at radius 3 is 0.907 bits per heavy atom. The number of unbranched alkanes of at least 4 members (excludes halogenated alkanes) is 27. The van der Waals surface area contributed by atoms with Crippen LogP contribution in [0.1, 0.15) is 259 Å². The van der Waals surface area contributed by atoms with E-state index in [0.29, 0.717) is 19.3 Å². The average Bonchev–Trinajstić information content (AvgIpc) is 3.14. The molecule has 0 bridgehead atoms. The van der Waals surface area contributed by atoms with Crippen molar-refractivity contribution in [1.29, 1.82) is 0 Å². The summed E-state index contributed by atoms with van der Waals surface area (Å²) in [6, 6.07) is 0. The van der Waals surface area contributed by atoms with Gasteiger partial charge in [-0.05, 0) is 31.1 Å². The third kappa shape index (κ3) is 41.6. The van der Waals surface area contributed by atoms with Gasteiger partial charge >= 0.3 is 17.9 Å². The average molecular weight is 765 g/mol. The van der Waals surface area contributed by atoms with E-state index in [2.05, 4.69) is 34.6 Å². The van der Waals surface area contributed by atoms with Gasteiger partial charge in [0, 0.05) is 19.3 Å². The van der Waals surface area contributed by atoms with E-state index in [1.54, 1.807) is 0 Å². The topological polar surface area (TPSA) is 78.9 Å². The molecular formula is C48H92O6. The number of ether oxygens (including phenoxy) is 3. The zero-order valence-corrected chi connectivity index (χ0v) is 36.8. The summed E-state index contributed by atoms with van der Waals surface area (Å²) in [5.74, 6) is 0.804. The molecular weight excluding hydrogens is 673 g/mol.